The molecule has 1 aliphatic heterocycles. The Labute approximate surface area is 287 Å². The molecule has 5 N–H and O–H groups in total. The number of rotatable bonds is 11. The van der Waals surface area contributed by atoms with E-state index in [1.807, 2.05) is 39.0 Å². The Balaban J connectivity index is 0.000000803. The summed E-state index contributed by atoms with van der Waals surface area (Å²) in [7, 11) is 1.50. The molecule has 1 aromatic heterocycles. The third-order valence-corrected chi connectivity index (χ3v) is 9.95. The van der Waals surface area contributed by atoms with Crippen molar-refractivity contribution in [2.24, 2.45) is 17.1 Å². The van der Waals surface area contributed by atoms with Gasteiger partial charge in [-0.25, -0.2) is 4.79 Å². The fraction of sp³-hybridized carbons (Fsp3) is 0.730. The molecule has 5 rings (SSSR count). The number of carbonyl (C=O) groups excluding carboxylic acids is 5. The van der Waals surface area contributed by atoms with Gasteiger partial charge in [-0.05, 0) is 62.6 Å². The number of amides is 4. The van der Waals surface area contributed by atoms with Gasteiger partial charge in [0.15, 0.2) is 6.29 Å². The van der Waals surface area contributed by atoms with Crippen molar-refractivity contribution in [2.75, 3.05) is 13.6 Å². The average Bonchev–Trinajstić information content (AvgIpc) is 3.46. The van der Waals surface area contributed by atoms with Crippen LogP contribution in [0, 0.1) is 11.3 Å². The summed E-state index contributed by atoms with van der Waals surface area (Å²) in [5.41, 5.74) is 4.35. The molecule has 11 nitrogen and oxygen atoms in total. The first-order valence-electron chi connectivity index (χ1n) is 18.2. The predicted octanol–water partition coefficient (Wildman–Crippen LogP) is 4.61. The Bertz CT molecular complexity index is 1180. The van der Waals surface area contributed by atoms with Crippen molar-refractivity contribution >= 4 is 29.9 Å². The van der Waals surface area contributed by atoms with Gasteiger partial charge < -0.3 is 26.6 Å². The maximum Gasteiger partial charge on any atom is 0.315 e. The number of Topliss-reactive ketones (excluding diaryl/α,β-unsaturated/α-hetero) is 1. The number of carbonyl (C=O) groups is 5. The van der Waals surface area contributed by atoms with E-state index in [2.05, 4.69) is 26.7 Å². The summed E-state index contributed by atoms with van der Waals surface area (Å²) >= 11 is 0. The number of pyridine rings is 1. The highest BCUT2D eigenvalue weighted by Crippen LogP contribution is 2.34. The second-order valence-corrected chi connectivity index (χ2v) is 15.0. The molecule has 268 valence electrons. The van der Waals surface area contributed by atoms with Gasteiger partial charge in [0.1, 0.15) is 12.1 Å². The van der Waals surface area contributed by atoms with Crippen molar-refractivity contribution in [3.05, 3.63) is 30.1 Å². The highest BCUT2D eigenvalue weighted by atomic mass is 16.2. The lowest BCUT2D eigenvalue weighted by Crippen LogP contribution is -2.62. The minimum atomic E-state index is -0.870. The molecule has 4 amide bonds. The molecule has 0 aromatic carbocycles. The monoisotopic (exact) mass is 668 g/mol. The third-order valence-electron chi connectivity index (χ3n) is 9.95. The largest absolute Gasteiger partial charge is 0.344 e. The van der Waals surface area contributed by atoms with E-state index in [0.717, 1.165) is 50.6 Å². The zero-order valence-corrected chi connectivity index (χ0v) is 29.7. The van der Waals surface area contributed by atoms with Gasteiger partial charge in [-0.2, -0.15) is 0 Å². The van der Waals surface area contributed by atoms with Gasteiger partial charge in [0.25, 0.3) is 0 Å². The fourth-order valence-corrected chi connectivity index (χ4v) is 7.12. The Morgan fingerprint density at radius 3 is 2.10 bits per heavy atom. The molecule has 4 aliphatic rings. The van der Waals surface area contributed by atoms with Crippen LogP contribution in [-0.2, 0) is 25.6 Å². The van der Waals surface area contributed by atoms with Crippen LogP contribution in [-0.4, -0.2) is 77.1 Å². The van der Waals surface area contributed by atoms with Crippen molar-refractivity contribution < 1.29 is 24.0 Å². The summed E-state index contributed by atoms with van der Waals surface area (Å²) in [6, 6.07) is 2.89. The molecule has 0 spiro atoms. The number of aldehydes is 1. The third kappa shape index (κ3) is 12.0. The van der Waals surface area contributed by atoms with E-state index in [9.17, 15) is 24.0 Å². The molecule has 1 saturated heterocycles. The molecule has 1 aromatic rings. The van der Waals surface area contributed by atoms with E-state index in [1.165, 1.54) is 44.1 Å². The molecule has 3 saturated carbocycles. The minimum absolute atomic E-state index is 0.260. The lowest BCUT2D eigenvalue weighted by Gasteiger charge is -2.40. The molecule has 3 aliphatic carbocycles. The van der Waals surface area contributed by atoms with E-state index in [0.29, 0.717) is 38.1 Å². The highest BCUT2D eigenvalue weighted by Gasteiger charge is 2.44. The van der Waals surface area contributed by atoms with Crippen molar-refractivity contribution in [1.29, 1.82) is 0 Å². The van der Waals surface area contributed by atoms with Crippen molar-refractivity contribution in [1.82, 2.24) is 25.8 Å². The number of urea groups is 1. The van der Waals surface area contributed by atoms with Gasteiger partial charge in [0.2, 0.25) is 17.6 Å². The molecular weight excluding hydrogens is 608 g/mol. The maximum absolute atomic E-state index is 13.9. The van der Waals surface area contributed by atoms with Crippen LogP contribution in [0.3, 0.4) is 0 Å². The highest BCUT2D eigenvalue weighted by molar-refractivity contribution is 6.28. The van der Waals surface area contributed by atoms with E-state index < -0.39 is 46.8 Å². The van der Waals surface area contributed by atoms with Gasteiger partial charge in [0.05, 0.1) is 6.04 Å². The van der Waals surface area contributed by atoms with Crippen LogP contribution in [0.25, 0.3) is 0 Å². The SMILES string of the molecule is C1CCCC1.CC(C)(C)C(NC(=O)NC1(Cc2ccccn2)CCCCC1)C(=O)N1CCCC1C(=O)NC(CC1CC1)C(=O)C=O.CN. The smallest absolute Gasteiger partial charge is 0.315 e. The van der Waals surface area contributed by atoms with Gasteiger partial charge in [-0.1, -0.05) is 91.0 Å². The minimum Gasteiger partial charge on any atom is -0.344 e. The molecule has 2 heterocycles. The van der Waals surface area contributed by atoms with Gasteiger partial charge in [0, 0.05) is 30.4 Å². The first-order chi connectivity index (χ1) is 23.0. The molecule has 3 atom stereocenters. The number of ketones is 1. The number of hydrogen-bond acceptors (Lipinski definition) is 7. The van der Waals surface area contributed by atoms with E-state index in [4.69, 9.17) is 0 Å². The standard InChI is InChI=1S/C31H45N5O5.C5H10.CH5N/c1-30(2,3)26(34-29(41)35-31(14-6-4-7-15-31)19-22-10-5-8-16-32-22)28(40)36-17-9-11-24(36)27(39)33-23(25(38)20-37)18-21-12-13-21;1-2-4-5-3-1;1-2/h5,8,10,16,20-21,23-24,26H,4,6-7,9,11-15,17-19H2,1-3H3,(H,33,39)(H2,34,35,41);1-5H2;2H2,1H3. The van der Waals surface area contributed by atoms with Crippen LogP contribution >= 0.6 is 0 Å². The molecular formula is C37H60N6O5. The first-order valence-corrected chi connectivity index (χ1v) is 18.2. The van der Waals surface area contributed by atoms with E-state index >= 15 is 0 Å². The molecule has 3 unspecified atom stereocenters. The summed E-state index contributed by atoms with van der Waals surface area (Å²) in [5, 5.41) is 8.93. The Morgan fingerprint density at radius 2 is 1.56 bits per heavy atom. The molecule has 0 radical (unpaired) electrons. The van der Waals surface area contributed by atoms with Gasteiger partial charge in [-0.15, -0.1) is 0 Å². The topological polar surface area (TPSA) is 164 Å². The molecule has 0 bridgehead atoms. The molecule has 4 fully saturated rings. The Morgan fingerprint density at radius 1 is 0.938 bits per heavy atom. The Kier molecular flexibility index (Phi) is 15.5. The second kappa shape index (κ2) is 19.0. The number of likely N-dealkylation sites (tertiary alicyclic amines) is 1. The molecule has 48 heavy (non-hydrogen) atoms. The number of hydrogen-bond donors (Lipinski definition) is 4. The van der Waals surface area contributed by atoms with E-state index in [1.54, 1.807) is 6.20 Å². The van der Waals surface area contributed by atoms with Crippen LogP contribution in [0.4, 0.5) is 4.79 Å². The summed E-state index contributed by atoms with van der Waals surface area (Å²) in [6.45, 7) is 6.05. The quantitative estimate of drug-likeness (QED) is 0.198. The first kappa shape index (κ1) is 39.1. The van der Waals surface area contributed by atoms with Crippen molar-refractivity contribution in [3.63, 3.8) is 0 Å². The molecule has 11 heteroatoms. The summed E-state index contributed by atoms with van der Waals surface area (Å²) < 4.78 is 0. The second-order valence-electron chi connectivity index (χ2n) is 15.0. The number of nitrogens with one attached hydrogen (secondary N) is 3. The van der Waals surface area contributed by atoms with E-state index in [-0.39, 0.29) is 12.2 Å². The van der Waals surface area contributed by atoms with Crippen LogP contribution in [0.5, 0.6) is 0 Å². The maximum atomic E-state index is 13.9. The van der Waals surface area contributed by atoms with Crippen LogP contribution in [0.1, 0.15) is 123 Å². The lowest BCUT2D eigenvalue weighted by atomic mass is 9.78. The predicted molar refractivity (Wildman–Crippen MR) is 187 cm³/mol. The van der Waals surface area contributed by atoms with Crippen LogP contribution in [0.15, 0.2) is 24.4 Å². The van der Waals surface area contributed by atoms with Crippen molar-refractivity contribution in [2.45, 2.75) is 147 Å². The van der Waals surface area contributed by atoms with Crippen LogP contribution < -0.4 is 21.7 Å². The number of nitrogens with two attached hydrogens (primary N) is 1. The van der Waals surface area contributed by atoms with Gasteiger partial charge >= 0.3 is 6.03 Å². The Hall–Kier alpha value is -3.34. The van der Waals surface area contributed by atoms with Crippen LogP contribution in [0.2, 0.25) is 0 Å². The number of nitrogens with zero attached hydrogens (tertiary/aromatic N) is 2. The average molecular weight is 669 g/mol. The fourth-order valence-electron chi connectivity index (χ4n) is 7.12. The van der Waals surface area contributed by atoms with Gasteiger partial charge in [-0.3, -0.25) is 24.2 Å². The van der Waals surface area contributed by atoms with Crippen molar-refractivity contribution in [3.8, 4) is 0 Å². The summed E-state index contributed by atoms with van der Waals surface area (Å²) in [6.07, 6.45) is 18.4. The zero-order valence-electron chi connectivity index (χ0n) is 29.7. The summed E-state index contributed by atoms with van der Waals surface area (Å²) in [5.74, 6) is -1.06. The normalized spacial score (nSPS) is 21.3. The summed E-state index contributed by atoms with van der Waals surface area (Å²) in [4.78, 5) is 70.1. The zero-order chi connectivity index (χ0) is 35.2. The number of aromatic nitrogens is 1. The lowest BCUT2D eigenvalue weighted by molar-refractivity contribution is -0.142.